The highest BCUT2D eigenvalue weighted by molar-refractivity contribution is 7.71. The third-order valence-corrected chi connectivity index (χ3v) is 6.60. The second kappa shape index (κ2) is 12.0. The van der Waals surface area contributed by atoms with E-state index in [-0.39, 0.29) is 47.3 Å². The number of aromatic nitrogens is 4. The van der Waals surface area contributed by atoms with Crippen LogP contribution < -0.4 is 19.5 Å². The number of H-pyrrole nitrogens is 1. The summed E-state index contributed by atoms with van der Waals surface area (Å²) in [6.45, 7) is 1.76. The van der Waals surface area contributed by atoms with Crippen LogP contribution >= 0.6 is 0 Å². The highest BCUT2D eigenvalue weighted by Crippen LogP contribution is 2.40. The first-order valence-electron chi connectivity index (χ1n) is 12.6. The molecule has 0 radical (unpaired) electrons. The number of amides is 2. The fourth-order valence-corrected chi connectivity index (χ4v) is 4.36. The summed E-state index contributed by atoms with van der Waals surface area (Å²) in [5.74, 6) is -0.321. The van der Waals surface area contributed by atoms with Crippen LogP contribution in [0, 0.1) is 18.3 Å². The number of benzene rings is 2. The van der Waals surface area contributed by atoms with Crippen LogP contribution in [0.15, 0.2) is 48.8 Å². The number of carbonyl (C=O) groups is 2. The van der Waals surface area contributed by atoms with Crippen LogP contribution in [0.3, 0.4) is 0 Å². The summed E-state index contributed by atoms with van der Waals surface area (Å²) in [7, 11) is 0.588. The third-order valence-electron chi connectivity index (χ3n) is 6.13. The van der Waals surface area contributed by atoms with Gasteiger partial charge in [-0.3, -0.25) is 9.59 Å². The predicted octanol–water partition coefficient (Wildman–Crippen LogP) is 2.64. The number of carbonyl (C=O) groups excluding carboxylic acids is 2. The van der Waals surface area contributed by atoms with Crippen molar-refractivity contribution < 1.29 is 32.2 Å². The summed E-state index contributed by atoms with van der Waals surface area (Å²) < 4.78 is 40.1. The molecule has 0 saturated carbocycles. The lowest BCUT2D eigenvalue weighted by molar-refractivity contribution is -0.128. The lowest BCUT2D eigenvalue weighted by atomic mass is 10.1. The van der Waals surface area contributed by atoms with Crippen molar-refractivity contribution in [1.29, 1.82) is 5.26 Å². The Kier molecular flexibility index (Phi) is 8.03. The zero-order valence-electron chi connectivity index (χ0n) is 23.0. The number of fused-ring (bicyclic) bond motifs is 1. The van der Waals surface area contributed by atoms with Gasteiger partial charge in [-0.05, 0) is 48.4 Å². The first kappa shape index (κ1) is 28.8. The average molecular weight is 602 g/mol. The van der Waals surface area contributed by atoms with E-state index in [1.807, 2.05) is 6.07 Å². The molecule has 0 fully saturated rings. The minimum absolute atomic E-state index is 0.0619. The van der Waals surface area contributed by atoms with Crippen molar-refractivity contribution in [3.8, 4) is 46.7 Å². The van der Waals surface area contributed by atoms with Gasteiger partial charge >= 0.3 is 6.01 Å². The van der Waals surface area contributed by atoms with Crippen LogP contribution in [-0.2, 0) is 26.3 Å². The van der Waals surface area contributed by atoms with Gasteiger partial charge in [0.15, 0.2) is 5.69 Å². The van der Waals surface area contributed by atoms with Gasteiger partial charge in [0.2, 0.25) is 28.2 Å². The molecule has 2 amide bonds. The minimum atomic E-state index is -2.71. The molecule has 15 heteroatoms. The van der Waals surface area contributed by atoms with Crippen LogP contribution in [0.5, 0.6) is 29.3 Å². The first-order valence-corrected chi connectivity index (χ1v) is 13.8. The maximum atomic E-state index is 12.7. The number of nitrogens with one attached hydrogen (secondary N) is 2. The number of rotatable bonds is 8. The Morgan fingerprint density at radius 3 is 2.70 bits per heavy atom. The van der Waals surface area contributed by atoms with E-state index in [0.29, 0.717) is 33.4 Å². The van der Waals surface area contributed by atoms with E-state index in [9.17, 15) is 23.3 Å². The summed E-state index contributed by atoms with van der Waals surface area (Å²) >= 11 is 0. The molecular formula is C28H23N7O7S. The molecule has 1 aliphatic rings. The first-order chi connectivity index (χ1) is 20.6. The summed E-state index contributed by atoms with van der Waals surface area (Å²) in [5.41, 5.74) is 2.15. The van der Waals surface area contributed by atoms with Gasteiger partial charge in [0, 0.05) is 32.1 Å². The average Bonchev–Trinajstić information content (AvgIpc) is 3.50. The van der Waals surface area contributed by atoms with Crippen LogP contribution in [0.2, 0.25) is 0 Å². The monoisotopic (exact) mass is 601 g/mol. The molecule has 0 saturated heterocycles. The number of aryl methyl sites for hydroxylation is 1. The Morgan fingerprint density at radius 1 is 1.19 bits per heavy atom. The number of aromatic amines is 1. The number of nitriles is 1. The summed E-state index contributed by atoms with van der Waals surface area (Å²) in [5, 5.41) is 12.5. The Hall–Kier alpha value is -5.75. The van der Waals surface area contributed by atoms with Crippen molar-refractivity contribution in [3.63, 3.8) is 0 Å². The zero-order chi connectivity index (χ0) is 30.7. The van der Waals surface area contributed by atoms with Gasteiger partial charge in [0.05, 0.1) is 23.4 Å². The second-order valence-corrected chi connectivity index (χ2v) is 10.3. The fraction of sp³-hybridized carbons (Fsp3) is 0.179. The summed E-state index contributed by atoms with van der Waals surface area (Å²) in [4.78, 5) is 42.5. The Labute approximate surface area is 246 Å². The molecule has 43 heavy (non-hydrogen) atoms. The molecule has 2 N–H and O–H groups in total. The number of imidazole rings is 1. The normalized spacial score (nSPS) is 13.5. The predicted molar refractivity (Wildman–Crippen MR) is 153 cm³/mol. The fourth-order valence-electron chi connectivity index (χ4n) is 3.98. The van der Waals surface area contributed by atoms with Crippen molar-refractivity contribution in [1.82, 2.24) is 24.8 Å². The van der Waals surface area contributed by atoms with Crippen molar-refractivity contribution in [3.05, 3.63) is 65.5 Å². The lowest BCUT2D eigenvalue weighted by Crippen LogP contribution is -2.39. The van der Waals surface area contributed by atoms with E-state index in [2.05, 4.69) is 25.3 Å². The Morgan fingerprint density at radius 2 is 2.00 bits per heavy atom. The van der Waals surface area contributed by atoms with E-state index >= 15 is 0 Å². The zero-order valence-corrected chi connectivity index (χ0v) is 23.8. The van der Waals surface area contributed by atoms with Crippen LogP contribution in [0.25, 0.3) is 11.4 Å². The Balaban J connectivity index is 1.60. The smallest absolute Gasteiger partial charge is 0.328 e. The largest absolute Gasteiger partial charge is 0.457 e. The summed E-state index contributed by atoms with van der Waals surface area (Å²) in [6, 6.07) is 11.6. The molecule has 2 aromatic heterocycles. The molecular weight excluding hydrogens is 578 g/mol. The molecule has 218 valence electrons. The molecule has 0 spiro atoms. The van der Waals surface area contributed by atoms with Crippen LogP contribution in [0.1, 0.15) is 16.7 Å². The third kappa shape index (κ3) is 6.60. The highest BCUT2D eigenvalue weighted by Gasteiger charge is 2.32. The molecule has 3 heterocycles. The SMILES string of the molecule is Cc1ccc(C#N)cc1Oc1nc(Oc2cc(CC(=O)N(C)C)cc(-c3ncc[nH]3)c2)c2c(n1)OC(C=S(=O)=O)C(=O)N2. The maximum absolute atomic E-state index is 12.7. The molecule has 1 unspecified atom stereocenters. The molecule has 0 bridgehead atoms. The number of nitrogens with zero attached hydrogens (tertiary/aromatic N) is 5. The second-order valence-electron chi connectivity index (χ2n) is 9.48. The van der Waals surface area contributed by atoms with Gasteiger partial charge < -0.3 is 29.4 Å². The molecule has 1 aliphatic heterocycles. The van der Waals surface area contributed by atoms with E-state index in [4.69, 9.17) is 14.2 Å². The minimum Gasteiger partial charge on any atom is -0.457 e. The van der Waals surface area contributed by atoms with Crippen LogP contribution in [-0.4, -0.2) is 70.6 Å². The number of likely N-dealkylation sites (N-methyl/N-ethyl adjacent to an activating group) is 1. The van der Waals surface area contributed by atoms with Gasteiger partial charge in [0.1, 0.15) is 17.3 Å². The maximum Gasteiger partial charge on any atom is 0.328 e. The van der Waals surface area contributed by atoms with Crippen molar-refractivity contribution in [2.24, 2.45) is 0 Å². The van der Waals surface area contributed by atoms with Gasteiger partial charge in [-0.15, -0.1) is 0 Å². The van der Waals surface area contributed by atoms with Gasteiger partial charge in [-0.2, -0.15) is 23.6 Å². The molecule has 0 aliphatic carbocycles. The molecule has 4 aromatic rings. The number of hydrogen-bond acceptors (Lipinski definition) is 11. The van der Waals surface area contributed by atoms with E-state index in [0.717, 1.165) is 0 Å². The van der Waals surface area contributed by atoms with Crippen molar-refractivity contribution in [2.75, 3.05) is 19.4 Å². The van der Waals surface area contributed by atoms with E-state index < -0.39 is 22.3 Å². The molecule has 5 rings (SSSR count). The topological polar surface area (TPSA) is 189 Å². The standard InChI is InChI=1S/C28H23N7O7S/c1-15-4-5-16(13-29)10-20(15)42-28-33-26(23-27(34-28)41-21(14-43(38)39)25(37)32-23)40-19-9-17(11-22(36)35(2)3)8-18(12-19)24-30-6-7-31-24/h4-10,12,14,21H,11H2,1-3H3,(H,30,31)(H,32,37). The lowest BCUT2D eigenvalue weighted by Gasteiger charge is -2.24. The van der Waals surface area contributed by atoms with Gasteiger partial charge in [-0.1, -0.05) is 6.07 Å². The van der Waals surface area contributed by atoms with E-state index in [1.54, 1.807) is 63.7 Å². The van der Waals surface area contributed by atoms with E-state index in [1.165, 1.54) is 11.0 Å². The Bertz CT molecular complexity index is 1910. The van der Waals surface area contributed by atoms with Gasteiger partial charge in [0.25, 0.3) is 11.8 Å². The highest BCUT2D eigenvalue weighted by atomic mass is 32.2. The summed E-state index contributed by atoms with van der Waals surface area (Å²) in [6.07, 6.45) is 1.79. The molecule has 14 nitrogen and oxygen atoms in total. The number of ether oxygens (including phenoxy) is 3. The molecule has 2 aromatic carbocycles. The van der Waals surface area contributed by atoms with Crippen molar-refractivity contribution >= 4 is 33.2 Å². The molecule has 1 atom stereocenters. The number of anilines is 1. The van der Waals surface area contributed by atoms with Gasteiger partial charge in [-0.25, -0.2) is 4.98 Å². The number of hydrogen-bond donors (Lipinski definition) is 2. The van der Waals surface area contributed by atoms with Crippen LogP contribution in [0.4, 0.5) is 5.69 Å². The quantitative estimate of drug-likeness (QED) is 0.282. The van der Waals surface area contributed by atoms with Crippen molar-refractivity contribution in [2.45, 2.75) is 19.4 Å².